The van der Waals surface area contributed by atoms with E-state index < -0.39 is 0 Å². The van der Waals surface area contributed by atoms with Crippen LogP contribution in [0.5, 0.6) is 0 Å². The number of halogens is 1. The maximum atomic E-state index is 6.26. The molecule has 0 saturated carbocycles. The SMILES string of the molecule is Nc1ccc2nc(Cn3cc(Cl)c4ccccc43)oc2c1. The Balaban J connectivity index is 1.79. The zero-order chi connectivity index (χ0) is 14.4. The standard InChI is InChI=1S/C16H12ClN3O/c17-12-8-20(14-4-2-1-3-11(12)14)9-16-19-13-6-5-10(18)7-15(13)21-16/h1-8H,9,18H2. The number of anilines is 1. The minimum atomic E-state index is 0.530. The van der Waals surface area contributed by atoms with E-state index in [1.165, 1.54) is 0 Å². The van der Waals surface area contributed by atoms with Gasteiger partial charge in [-0.3, -0.25) is 0 Å². The number of nitrogens with zero attached hydrogens (tertiary/aromatic N) is 2. The first-order chi connectivity index (χ1) is 10.2. The van der Waals surface area contributed by atoms with E-state index >= 15 is 0 Å². The van der Waals surface area contributed by atoms with Crippen LogP contribution < -0.4 is 5.73 Å². The van der Waals surface area contributed by atoms with Gasteiger partial charge in [-0.25, -0.2) is 4.98 Å². The molecule has 0 spiro atoms. The molecule has 2 aromatic carbocycles. The molecule has 21 heavy (non-hydrogen) atoms. The fraction of sp³-hybridized carbons (Fsp3) is 0.0625. The van der Waals surface area contributed by atoms with Gasteiger partial charge < -0.3 is 14.7 Å². The maximum absolute atomic E-state index is 6.26. The smallest absolute Gasteiger partial charge is 0.215 e. The van der Waals surface area contributed by atoms with E-state index in [4.69, 9.17) is 21.8 Å². The lowest BCUT2D eigenvalue weighted by Crippen LogP contribution is -1.97. The molecule has 5 heteroatoms. The Morgan fingerprint density at radius 2 is 2.05 bits per heavy atom. The summed E-state index contributed by atoms with van der Waals surface area (Å²) in [7, 11) is 0. The first-order valence-electron chi connectivity index (χ1n) is 6.59. The van der Waals surface area contributed by atoms with Crippen molar-refractivity contribution in [2.75, 3.05) is 5.73 Å². The van der Waals surface area contributed by atoms with Crippen molar-refractivity contribution < 1.29 is 4.42 Å². The van der Waals surface area contributed by atoms with Gasteiger partial charge in [0.2, 0.25) is 5.89 Å². The molecule has 0 aliphatic carbocycles. The molecule has 0 saturated heterocycles. The fourth-order valence-corrected chi connectivity index (χ4v) is 2.81. The Morgan fingerprint density at radius 1 is 1.19 bits per heavy atom. The Kier molecular flexibility index (Phi) is 2.65. The van der Waals surface area contributed by atoms with Gasteiger partial charge in [-0.2, -0.15) is 0 Å². The molecule has 4 nitrogen and oxygen atoms in total. The summed E-state index contributed by atoms with van der Waals surface area (Å²) in [5.41, 5.74) is 8.99. The van der Waals surface area contributed by atoms with Crippen LogP contribution >= 0.6 is 11.6 Å². The molecule has 4 rings (SSSR count). The quantitative estimate of drug-likeness (QED) is 0.567. The summed E-state index contributed by atoms with van der Waals surface area (Å²) in [6.07, 6.45) is 1.90. The van der Waals surface area contributed by atoms with E-state index in [1.54, 1.807) is 6.07 Å². The molecule has 0 atom stereocenters. The summed E-state index contributed by atoms with van der Waals surface area (Å²) < 4.78 is 7.79. The molecule has 0 unspecified atom stereocenters. The highest BCUT2D eigenvalue weighted by Gasteiger charge is 2.10. The fourth-order valence-electron chi connectivity index (χ4n) is 2.54. The van der Waals surface area contributed by atoms with Gasteiger partial charge in [-0.05, 0) is 18.2 Å². The molecule has 0 amide bonds. The highest BCUT2D eigenvalue weighted by molar-refractivity contribution is 6.35. The Bertz CT molecular complexity index is 955. The van der Waals surface area contributed by atoms with E-state index in [0.717, 1.165) is 21.4 Å². The number of para-hydroxylation sites is 1. The van der Waals surface area contributed by atoms with Gasteiger partial charge in [-0.1, -0.05) is 29.8 Å². The minimum absolute atomic E-state index is 0.530. The summed E-state index contributed by atoms with van der Waals surface area (Å²) in [4.78, 5) is 4.48. The summed E-state index contributed by atoms with van der Waals surface area (Å²) in [6, 6.07) is 13.5. The third kappa shape index (κ3) is 2.04. The summed E-state index contributed by atoms with van der Waals surface area (Å²) in [6.45, 7) is 0.530. The Morgan fingerprint density at radius 3 is 2.95 bits per heavy atom. The van der Waals surface area contributed by atoms with E-state index in [2.05, 4.69) is 4.98 Å². The van der Waals surface area contributed by atoms with Crippen molar-refractivity contribution in [2.24, 2.45) is 0 Å². The zero-order valence-electron chi connectivity index (χ0n) is 11.1. The van der Waals surface area contributed by atoms with Gasteiger partial charge in [0, 0.05) is 23.3 Å². The number of fused-ring (bicyclic) bond motifs is 2. The number of hydrogen-bond donors (Lipinski definition) is 1. The number of rotatable bonds is 2. The van der Waals surface area contributed by atoms with Crippen LogP contribution in [0, 0.1) is 0 Å². The second kappa shape index (κ2) is 4.53. The molecule has 0 bridgehead atoms. The molecule has 0 radical (unpaired) electrons. The van der Waals surface area contributed by atoms with Crippen LogP contribution in [0.25, 0.3) is 22.0 Å². The number of nitrogen functional groups attached to an aromatic ring is 1. The largest absolute Gasteiger partial charge is 0.439 e. The summed E-state index contributed by atoms with van der Waals surface area (Å²) in [5, 5.41) is 1.76. The third-order valence-electron chi connectivity index (χ3n) is 3.50. The summed E-state index contributed by atoms with van der Waals surface area (Å²) in [5.74, 6) is 0.632. The van der Waals surface area contributed by atoms with Crippen molar-refractivity contribution in [3.63, 3.8) is 0 Å². The van der Waals surface area contributed by atoms with Crippen LogP contribution in [0.3, 0.4) is 0 Å². The minimum Gasteiger partial charge on any atom is -0.439 e. The molecule has 0 fully saturated rings. The normalized spacial score (nSPS) is 11.5. The van der Waals surface area contributed by atoms with Crippen molar-refractivity contribution in [1.29, 1.82) is 0 Å². The highest BCUT2D eigenvalue weighted by Crippen LogP contribution is 2.27. The lowest BCUT2D eigenvalue weighted by Gasteiger charge is -2.00. The van der Waals surface area contributed by atoms with Crippen LogP contribution in [0.4, 0.5) is 5.69 Å². The average molecular weight is 298 g/mol. The third-order valence-corrected chi connectivity index (χ3v) is 3.80. The Labute approximate surface area is 125 Å². The van der Waals surface area contributed by atoms with Gasteiger partial charge in [0.05, 0.1) is 17.1 Å². The topological polar surface area (TPSA) is 57.0 Å². The van der Waals surface area contributed by atoms with Crippen molar-refractivity contribution in [3.05, 3.63) is 59.6 Å². The van der Waals surface area contributed by atoms with Gasteiger partial charge in [0.15, 0.2) is 5.58 Å². The van der Waals surface area contributed by atoms with E-state index in [-0.39, 0.29) is 0 Å². The van der Waals surface area contributed by atoms with Gasteiger partial charge in [0.25, 0.3) is 0 Å². The Hall–Kier alpha value is -2.46. The van der Waals surface area contributed by atoms with Gasteiger partial charge in [0.1, 0.15) is 5.52 Å². The molecule has 2 N–H and O–H groups in total. The van der Waals surface area contributed by atoms with Crippen LogP contribution in [-0.4, -0.2) is 9.55 Å². The van der Waals surface area contributed by atoms with Crippen LogP contribution in [0.1, 0.15) is 5.89 Å². The predicted molar refractivity (Wildman–Crippen MR) is 84.5 cm³/mol. The van der Waals surface area contributed by atoms with Crippen molar-refractivity contribution in [1.82, 2.24) is 9.55 Å². The molecular weight excluding hydrogens is 286 g/mol. The van der Waals surface area contributed by atoms with Crippen LogP contribution in [0.2, 0.25) is 5.02 Å². The van der Waals surface area contributed by atoms with Crippen molar-refractivity contribution >= 4 is 39.3 Å². The van der Waals surface area contributed by atoms with Crippen molar-refractivity contribution in [3.8, 4) is 0 Å². The molecule has 4 aromatic rings. The van der Waals surface area contributed by atoms with Gasteiger partial charge in [-0.15, -0.1) is 0 Å². The maximum Gasteiger partial charge on any atom is 0.215 e. The second-order valence-electron chi connectivity index (χ2n) is 4.96. The van der Waals surface area contributed by atoms with Crippen molar-refractivity contribution in [2.45, 2.75) is 6.54 Å². The molecule has 0 aliphatic heterocycles. The number of aromatic nitrogens is 2. The lowest BCUT2D eigenvalue weighted by atomic mass is 10.2. The molecular formula is C16H12ClN3O. The predicted octanol–water partition coefficient (Wildman–Crippen LogP) is 4.07. The number of hydrogen-bond acceptors (Lipinski definition) is 3. The number of nitrogens with two attached hydrogens (primary N) is 1. The molecule has 2 aromatic heterocycles. The van der Waals surface area contributed by atoms with Crippen LogP contribution in [0.15, 0.2) is 53.1 Å². The number of benzene rings is 2. The van der Waals surface area contributed by atoms with Crippen LogP contribution in [-0.2, 0) is 6.54 Å². The molecule has 2 heterocycles. The van der Waals surface area contributed by atoms with E-state index in [0.29, 0.717) is 23.7 Å². The number of oxazole rings is 1. The zero-order valence-corrected chi connectivity index (χ0v) is 11.8. The first-order valence-corrected chi connectivity index (χ1v) is 6.97. The highest BCUT2D eigenvalue weighted by atomic mass is 35.5. The second-order valence-corrected chi connectivity index (χ2v) is 5.36. The van der Waals surface area contributed by atoms with Gasteiger partial charge >= 0.3 is 0 Å². The van der Waals surface area contributed by atoms with E-state index in [9.17, 15) is 0 Å². The summed E-state index contributed by atoms with van der Waals surface area (Å²) >= 11 is 6.26. The monoisotopic (exact) mass is 297 g/mol. The molecule has 104 valence electrons. The molecule has 0 aliphatic rings. The first kappa shape index (κ1) is 12.3. The average Bonchev–Trinajstić information content (AvgIpc) is 3.01. The lowest BCUT2D eigenvalue weighted by molar-refractivity contribution is 0.513. The van der Waals surface area contributed by atoms with E-state index in [1.807, 2.05) is 47.2 Å².